The number of hydrogen-bond donors (Lipinski definition) is 0. The Bertz CT molecular complexity index is 237. The quantitative estimate of drug-likeness (QED) is 0.696. The van der Waals surface area contributed by atoms with Gasteiger partial charge in [-0.25, -0.2) is 4.98 Å². The second-order valence-corrected chi connectivity index (χ2v) is 3.94. The van der Waals surface area contributed by atoms with Crippen molar-refractivity contribution in [3.8, 4) is 0 Å². The molecule has 0 spiro atoms. The molecule has 1 fully saturated rings. The van der Waals surface area contributed by atoms with Crippen LogP contribution in [0.3, 0.4) is 0 Å². The van der Waals surface area contributed by atoms with Crippen molar-refractivity contribution >= 4 is 0 Å². The van der Waals surface area contributed by atoms with Gasteiger partial charge in [-0.3, -0.25) is 4.90 Å². The van der Waals surface area contributed by atoms with Crippen molar-refractivity contribution in [3.05, 3.63) is 18.4 Å². The highest BCUT2D eigenvalue weighted by atomic mass is 16.3. The van der Waals surface area contributed by atoms with E-state index in [1.807, 2.05) is 0 Å². The third-order valence-corrected chi connectivity index (χ3v) is 2.75. The highest BCUT2D eigenvalue weighted by Gasteiger charge is 2.16. The Morgan fingerprint density at radius 3 is 2.92 bits per heavy atom. The summed E-state index contributed by atoms with van der Waals surface area (Å²) in [7, 11) is 0. The molecule has 0 bridgehead atoms. The fourth-order valence-electron chi connectivity index (χ4n) is 1.76. The van der Waals surface area contributed by atoms with E-state index in [1.54, 1.807) is 6.26 Å². The summed E-state index contributed by atoms with van der Waals surface area (Å²) in [5.74, 6) is 0.897. The molecule has 13 heavy (non-hydrogen) atoms. The van der Waals surface area contributed by atoms with E-state index in [0.717, 1.165) is 18.2 Å². The van der Waals surface area contributed by atoms with Crippen LogP contribution in [0.5, 0.6) is 0 Å². The fraction of sp³-hybridized carbons (Fsp3) is 0.700. The van der Waals surface area contributed by atoms with Gasteiger partial charge in [-0.2, -0.15) is 0 Å². The largest absolute Gasteiger partial charge is 0.451 e. The molecule has 1 aromatic rings. The molecule has 1 aliphatic heterocycles. The summed E-state index contributed by atoms with van der Waals surface area (Å²) in [6, 6.07) is 0. The SMILES string of the molecule is CC1CCN(Cc2cocn2)CC1. The number of hydrogen-bond acceptors (Lipinski definition) is 3. The van der Waals surface area contributed by atoms with E-state index >= 15 is 0 Å². The minimum Gasteiger partial charge on any atom is -0.451 e. The average molecular weight is 180 g/mol. The molecule has 0 unspecified atom stereocenters. The second kappa shape index (κ2) is 3.92. The van der Waals surface area contributed by atoms with E-state index in [4.69, 9.17) is 4.42 Å². The number of aromatic nitrogens is 1. The molecule has 0 atom stereocenters. The molecule has 0 radical (unpaired) electrons. The lowest BCUT2D eigenvalue weighted by Crippen LogP contribution is -2.32. The summed E-state index contributed by atoms with van der Waals surface area (Å²) in [5.41, 5.74) is 1.05. The molecule has 2 heterocycles. The number of oxazole rings is 1. The molecule has 0 aliphatic carbocycles. The van der Waals surface area contributed by atoms with Gasteiger partial charge in [0.25, 0.3) is 0 Å². The van der Waals surface area contributed by atoms with Gasteiger partial charge in [0.1, 0.15) is 6.26 Å². The Kier molecular flexibility index (Phi) is 2.64. The third kappa shape index (κ3) is 2.31. The van der Waals surface area contributed by atoms with Crippen LogP contribution in [-0.2, 0) is 6.54 Å². The van der Waals surface area contributed by atoms with Gasteiger partial charge in [0.2, 0.25) is 0 Å². The molecule has 72 valence electrons. The zero-order valence-corrected chi connectivity index (χ0v) is 8.07. The summed E-state index contributed by atoms with van der Waals surface area (Å²) in [5, 5.41) is 0. The van der Waals surface area contributed by atoms with Crippen molar-refractivity contribution in [3.63, 3.8) is 0 Å². The van der Waals surface area contributed by atoms with Gasteiger partial charge in [-0.15, -0.1) is 0 Å². The van der Waals surface area contributed by atoms with Crippen molar-refractivity contribution in [1.29, 1.82) is 0 Å². The molecule has 3 heteroatoms. The Morgan fingerprint density at radius 2 is 2.31 bits per heavy atom. The van der Waals surface area contributed by atoms with E-state index in [-0.39, 0.29) is 0 Å². The predicted octanol–water partition coefficient (Wildman–Crippen LogP) is 1.91. The topological polar surface area (TPSA) is 29.3 Å². The minimum atomic E-state index is 0.897. The van der Waals surface area contributed by atoms with E-state index in [9.17, 15) is 0 Å². The first-order valence-electron chi connectivity index (χ1n) is 4.94. The van der Waals surface area contributed by atoms with Gasteiger partial charge in [-0.1, -0.05) is 6.92 Å². The Balaban J connectivity index is 1.83. The fourth-order valence-corrected chi connectivity index (χ4v) is 1.76. The Labute approximate surface area is 78.8 Å². The van der Waals surface area contributed by atoms with Gasteiger partial charge in [0.05, 0.1) is 5.69 Å². The van der Waals surface area contributed by atoms with Crippen LogP contribution in [0.1, 0.15) is 25.5 Å². The van der Waals surface area contributed by atoms with Gasteiger partial charge in [0, 0.05) is 6.54 Å². The molecular weight excluding hydrogens is 164 g/mol. The van der Waals surface area contributed by atoms with Crippen molar-refractivity contribution < 1.29 is 4.42 Å². The first-order valence-corrected chi connectivity index (χ1v) is 4.94. The Morgan fingerprint density at radius 1 is 1.54 bits per heavy atom. The smallest absolute Gasteiger partial charge is 0.180 e. The lowest BCUT2D eigenvalue weighted by atomic mass is 9.99. The maximum atomic E-state index is 4.94. The molecule has 1 saturated heterocycles. The normalized spacial score (nSPS) is 20.7. The van der Waals surface area contributed by atoms with Gasteiger partial charge < -0.3 is 4.42 Å². The van der Waals surface area contributed by atoms with Crippen molar-refractivity contribution in [1.82, 2.24) is 9.88 Å². The zero-order valence-electron chi connectivity index (χ0n) is 8.07. The predicted molar refractivity (Wildman–Crippen MR) is 50.2 cm³/mol. The van der Waals surface area contributed by atoms with Crippen LogP contribution in [0.4, 0.5) is 0 Å². The standard InChI is InChI=1S/C10H16N2O/c1-9-2-4-12(5-3-9)6-10-7-13-8-11-10/h7-9H,2-6H2,1H3. The molecule has 3 nitrogen and oxygen atoms in total. The molecular formula is C10H16N2O. The van der Waals surface area contributed by atoms with E-state index in [2.05, 4.69) is 16.8 Å². The van der Waals surface area contributed by atoms with Crippen LogP contribution in [0.25, 0.3) is 0 Å². The van der Waals surface area contributed by atoms with Crippen LogP contribution in [0, 0.1) is 5.92 Å². The molecule has 0 N–H and O–H groups in total. The first-order chi connectivity index (χ1) is 6.34. The van der Waals surface area contributed by atoms with Gasteiger partial charge in [0.15, 0.2) is 6.39 Å². The second-order valence-electron chi connectivity index (χ2n) is 3.94. The molecule has 2 rings (SSSR count). The molecule has 0 aromatic carbocycles. The minimum absolute atomic E-state index is 0.897. The number of nitrogens with zero attached hydrogens (tertiary/aromatic N) is 2. The summed E-state index contributed by atoms with van der Waals surface area (Å²) >= 11 is 0. The highest BCUT2D eigenvalue weighted by Crippen LogP contribution is 2.17. The van der Waals surface area contributed by atoms with Crippen LogP contribution in [-0.4, -0.2) is 23.0 Å². The Hall–Kier alpha value is -0.830. The van der Waals surface area contributed by atoms with Crippen molar-refractivity contribution in [2.75, 3.05) is 13.1 Å². The molecule has 0 saturated carbocycles. The van der Waals surface area contributed by atoms with Crippen molar-refractivity contribution in [2.45, 2.75) is 26.3 Å². The number of likely N-dealkylation sites (tertiary alicyclic amines) is 1. The van der Waals surface area contributed by atoms with E-state index in [0.29, 0.717) is 0 Å². The van der Waals surface area contributed by atoms with E-state index in [1.165, 1.54) is 32.3 Å². The van der Waals surface area contributed by atoms with Gasteiger partial charge in [-0.05, 0) is 31.8 Å². The van der Waals surface area contributed by atoms with Gasteiger partial charge >= 0.3 is 0 Å². The number of piperidine rings is 1. The molecule has 1 aromatic heterocycles. The zero-order chi connectivity index (χ0) is 9.10. The highest BCUT2D eigenvalue weighted by molar-refractivity contribution is 4.91. The monoisotopic (exact) mass is 180 g/mol. The van der Waals surface area contributed by atoms with Crippen LogP contribution in [0.15, 0.2) is 17.1 Å². The number of rotatable bonds is 2. The summed E-state index contributed by atoms with van der Waals surface area (Å²) in [6.45, 7) is 5.68. The van der Waals surface area contributed by atoms with Crippen molar-refractivity contribution in [2.24, 2.45) is 5.92 Å². The maximum absolute atomic E-state index is 4.94. The summed E-state index contributed by atoms with van der Waals surface area (Å²) in [4.78, 5) is 6.56. The average Bonchev–Trinajstić information content (AvgIpc) is 2.62. The molecule has 0 amide bonds. The van der Waals surface area contributed by atoms with E-state index < -0.39 is 0 Å². The van der Waals surface area contributed by atoms with Crippen LogP contribution in [0.2, 0.25) is 0 Å². The maximum Gasteiger partial charge on any atom is 0.180 e. The summed E-state index contributed by atoms with van der Waals surface area (Å²) in [6.07, 6.45) is 5.87. The third-order valence-electron chi connectivity index (χ3n) is 2.75. The summed E-state index contributed by atoms with van der Waals surface area (Å²) < 4.78 is 4.94. The van der Waals surface area contributed by atoms with Crippen LogP contribution >= 0.6 is 0 Å². The van der Waals surface area contributed by atoms with Crippen LogP contribution < -0.4 is 0 Å². The molecule has 1 aliphatic rings. The lowest BCUT2D eigenvalue weighted by Gasteiger charge is -2.29. The lowest BCUT2D eigenvalue weighted by molar-refractivity contribution is 0.183. The first kappa shape index (κ1) is 8.75.